The van der Waals surface area contributed by atoms with Crippen molar-refractivity contribution >= 4 is 39.5 Å². The van der Waals surface area contributed by atoms with E-state index in [1.54, 1.807) is 0 Å². The first-order valence-corrected chi connectivity index (χ1v) is 8.75. The van der Waals surface area contributed by atoms with Gasteiger partial charge in [0, 0.05) is 18.1 Å². The standard InChI is InChI=1S/C20H16N2O2S/c1-13-6-5-7-15(10-13)11-21-12-18(16-8-3-4-9-17(16)21)22-19(23)14(2)25-20(22)24/h3-10,12H,2,11H2,1H3. The molecule has 0 spiro atoms. The quantitative estimate of drug-likeness (QED) is 0.644. The first-order valence-electron chi connectivity index (χ1n) is 7.93. The molecule has 1 saturated heterocycles. The average molecular weight is 348 g/mol. The van der Waals surface area contributed by atoms with E-state index in [4.69, 9.17) is 0 Å². The third-order valence-corrected chi connectivity index (χ3v) is 5.06. The Kier molecular flexibility index (Phi) is 3.73. The van der Waals surface area contributed by atoms with Crippen molar-refractivity contribution in [3.63, 3.8) is 0 Å². The van der Waals surface area contributed by atoms with Crippen molar-refractivity contribution in [2.75, 3.05) is 4.90 Å². The van der Waals surface area contributed by atoms with Gasteiger partial charge in [0.05, 0.1) is 16.1 Å². The Labute approximate surface area is 149 Å². The molecule has 25 heavy (non-hydrogen) atoms. The van der Waals surface area contributed by atoms with Crippen LogP contribution in [0.2, 0.25) is 0 Å². The SMILES string of the molecule is C=C1SC(=O)N(c2cn(Cc3cccc(C)c3)c3ccccc23)C1=O. The molecule has 4 nitrogen and oxygen atoms in total. The molecule has 124 valence electrons. The van der Waals surface area contributed by atoms with E-state index in [1.165, 1.54) is 16.0 Å². The molecule has 0 radical (unpaired) electrons. The number of anilines is 1. The van der Waals surface area contributed by atoms with E-state index in [0.29, 0.717) is 12.2 Å². The Morgan fingerprint density at radius 3 is 2.60 bits per heavy atom. The number of rotatable bonds is 3. The van der Waals surface area contributed by atoms with Gasteiger partial charge in [0.1, 0.15) is 0 Å². The number of amides is 2. The highest BCUT2D eigenvalue weighted by molar-refractivity contribution is 8.18. The van der Waals surface area contributed by atoms with Crippen molar-refractivity contribution in [2.24, 2.45) is 0 Å². The molecule has 2 heterocycles. The van der Waals surface area contributed by atoms with Crippen LogP contribution in [0.25, 0.3) is 10.9 Å². The molecule has 3 aromatic rings. The van der Waals surface area contributed by atoms with Gasteiger partial charge in [-0.1, -0.05) is 54.6 Å². The zero-order valence-electron chi connectivity index (χ0n) is 13.7. The molecule has 1 aliphatic rings. The van der Waals surface area contributed by atoms with E-state index in [9.17, 15) is 9.59 Å². The maximum absolute atomic E-state index is 12.3. The average Bonchev–Trinajstić information content (AvgIpc) is 3.05. The third-order valence-electron chi connectivity index (χ3n) is 4.28. The molecule has 0 atom stereocenters. The van der Waals surface area contributed by atoms with Crippen LogP contribution in [0, 0.1) is 6.92 Å². The van der Waals surface area contributed by atoms with Crippen LogP contribution in [-0.2, 0) is 11.3 Å². The van der Waals surface area contributed by atoms with E-state index in [-0.39, 0.29) is 16.1 Å². The van der Waals surface area contributed by atoms with Crippen molar-refractivity contribution in [3.05, 3.63) is 77.3 Å². The smallest absolute Gasteiger partial charge is 0.298 e. The predicted octanol–water partition coefficient (Wildman–Crippen LogP) is 4.71. The van der Waals surface area contributed by atoms with Crippen LogP contribution in [-0.4, -0.2) is 15.7 Å². The maximum Gasteiger partial charge on any atom is 0.298 e. The molecule has 0 unspecified atom stereocenters. The fourth-order valence-corrected chi connectivity index (χ4v) is 3.82. The van der Waals surface area contributed by atoms with Gasteiger partial charge in [-0.2, -0.15) is 0 Å². The van der Waals surface area contributed by atoms with Gasteiger partial charge in [0.2, 0.25) is 0 Å². The summed E-state index contributed by atoms with van der Waals surface area (Å²) in [5, 5.41) is 0.584. The number of fused-ring (bicyclic) bond motifs is 1. The molecule has 2 aromatic carbocycles. The van der Waals surface area contributed by atoms with Crippen LogP contribution in [0.1, 0.15) is 11.1 Å². The largest absolute Gasteiger partial charge is 0.341 e. The van der Waals surface area contributed by atoms with Crippen LogP contribution in [0.4, 0.5) is 10.5 Å². The zero-order chi connectivity index (χ0) is 17.6. The summed E-state index contributed by atoms with van der Waals surface area (Å²) in [5.41, 5.74) is 3.98. The molecule has 2 amide bonds. The third kappa shape index (κ3) is 2.66. The molecule has 1 aromatic heterocycles. The molecule has 5 heteroatoms. The number of aryl methyl sites for hydroxylation is 1. The van der Waals surface area contributed by atoms with Crippen LogP contribution < -0.4 is 4.90 Å². The van der Waals surface area contributed by atoms with Crippen molar-refractivity contribution in [1.29, 1.82) is 0 Å². The van der Waals surface area contributed by atoms with Gasteiger partial charge in [0.15, 0.2) is 0 Å². The number of carbonyl (C=O) groups excluding carboxylic acids is 2. The summed E-state index contributed by atoms with van der Waals surface area (Å²) in [6, 6.07) is 16.1. The van der Waals surface area contributed by atoms with Crippen molar-refractivity contribution in [2.45, 2.75) is 13.5 Å². The summed E-state index contributed by atoms with van der Waals surface area (Å²) in [6.07, 6.45) is 1.88. The molecule has 1 aliphatic heterocycles. The monoisotopic (exact) mass is 348 g/mol. The van der Waals surface area contributed by atoms with Gasteiger partial charge < -0.3 is 4.57 Å². The lowest BCUT2D eigenvalue weighted by molar-refractivity contribution is -0.113. The molecule has 0 N–H and O–H groups in total. The van der Waals surface area contributed by atoms with Gasteiger partial charge in [-0.3, -0.25) is 9.59 Å². The van der Waals surface area contributed by atoms with Gasteiger partial charge >= 0.3 is 0 Å². The number of benzene rings is 2. The number of hydrogen-bond acceptors (Lipinski definition) is 3. The Bertz CT molecular complexity index is 1040. The highest BCUT2D eigenvalue weighted by Gasteiger charge is 2.36. The van der Waals surface area contributed by atoms with Crippen LogP contribution >= 0.6 is 11.8 Å². The highest BCUT2D eigenvalue weighted by Crippen LogP contribution is 2.38. The minimum atomic E-state index is -0.339. The number of nitrogens with zero attached hydrogens (tertiary/aromatic N) is 2. The Morgan fingerprint density at radius 1 is 1.08 bits per heavy atom. The summed E-state index contributed by atoms with van der Waals surface area (Å²) < 4.78 is 2.08. The summed E-state index contributed by atoms with van der Waals surface area (Å²) in [5.74, 6) is -0.339. The van der Waals surface area contributed by atoms with Crippen molar-refractivity contribution in [3.8, 4) is 0 Å². The maximum atomic E-state index is 12.3. The fraction of sp³-hybridized carbons (Fsp3) is 0.100. The lowest BCUT2D eigenvalue weighted by Crippen LogP contribution is -2.27. The number of carbonyl (C=O) groups is 2. The lowest BCUT2D eigenvalue weighted by Gasteiger charge is -2.10. The summed E-state index contributed by atoms with van der Waals surface area (Å²) in [7, 11) is 0. The van der Waals surface area contributed by atoms with Gasteiger partial charge in [-0.15, -0.1) is 0 Å². The molecule has 4 rings (SSSR count). The second-order valence-electron chi connectivity index (χ2n) is 6.08. The van der Waals surface area contributed by atoms with Crippen LogP contribution in [0.5, 0.6) is 0 Å². The Hall–Kier alpha value is -2.79. The van der Waals surface area contributed by atoms with Gasteiger partial charge in [-0.05, 0) is 30.3 Å². The fourth-order valence-electron chi connectivity index (χ4n) is 3.15. The van der Waals surface area contributed by atoms with Crippen LogP contribution in [0.15, 0.2) is 66.2 Å². The number of thioether (sulfide) groups is 1. The van der Waals surface area contributed by atoms with E-state index in [1.807, 2.05) is 36.5 Å². The second kappa shape index (κ2) is 5.93. The molecule has 0 saturated carbocycles. The first kappa shape index (κ1) is 15.7. The summed E-state index contributed by atoms with van der Waals surface area (Å²) >= 11 is 0.889. The van der Waals surface area contributed by atoms with Gasteiger partial charge in [-0.25, -0.2) is 4.90 Å². The molecule has 1 fully saturated rings. The minimum absolute atomic E-state index is 0.264. The number of imide groups is 1. The summed E-state index contributed by atoms with van der Waals surface area (Å²) in [4.78, 5) is 26.1. The Morgan fingerprint density at radius 2 is 1.88 bits per heavy atom. The molecule has 0 bridgehead atoms. The van der Waals surface area contributed by atoms with E-state index < -0.39 is 0 Å². The number of aromatic nitrogens is 1. The zero-order valence-corrected chi connectivity index (χ0v) is 14.5. The first-order chi connectivity index (χ1) is 12.0. The number of hydrogen-bond donors (Lipinski definition) is 0. The van der Waals surface area contributed by atoms with Gasteiger partial charge in [0.25, 0.3) is 11.1 Å². The van der Waals surface area contributed by atoms with Crippen molar-refractivity contribution < 1.29 is 9.59 Å². The number of para-hydroxylation sites is 1. The van der Waals surface area contributed by atoms with E-state index in [0.717, 1.165) is 22.7 Å². The summed E-state index contributed by atoms with van der Waals surface area (Å²) in [6.45, 7) is 6.41. The second-order valence-corrected chi connectivity index (χ2v) is 7.13. The van der Waals surface area contributed by atoms with Crippen molar-refractivity contribution in [1.82, 2.24) is 4.57 Å². The molecular formula is C20H16N2O2S. The molecular weight excluding hydrogens is 332 g/mol. The minimum Gasteiger partial charge on any atom is -0.341 e. The van der Waals surface area contributed by atoms with E-state index in [2.05, 4.69) is 36.3 Å². The Balaban J connectivity index is 1.83. The topological polar surface area (TPSA) is 42.3 Å². The predicted molar refractivity (Wildman–Crippen MR) is 102 cm³/mol. The van der Waals surface area contributed by atoms with Crippen LogP contribution in [0.3, 0.4) is 0 Å². The normalized spacial score (nSPS) is 14.8. The van der Waals surface area contributed by atoms with E-state index >= 15 is 0 Å². The highest BCUT2D eigenvalue weighted by atomic mass is 32.2. The molecule has 0 aliphatic carbocycles. The lowest BCUT2D eigenvalue weighted by atomic mass is 10.1.